The third kappa shape index (κ3) is 4.11. The number of anilines is 1. The number of aryl methyl sites for hydroxylation is 1. The number of halogens is 3. The number of benzene rings is 1. The van der Waals surface area contributed by atoms with E-state index in [1.807, 2.05) is 6.07 Å². The normalized spacial score (nSPS) is 18.2. The summed E-state index contributed by atoms with van der Waals surface area (Å²) in [5.74, 6) is -0.527. The third-order valence-corrected chi connectivity index (χ3v) is 7.05. The standard InChI is InChI=1S/C26H25F3N6O2/c1-14(17-4-3-5-18(21(17)27)22(28)29)31-23-20-12-19(16-6-8-26(9-7-16)36-10-11-37-26)25-34-30-13-35(25)24(20)33-15(2)32-23/h3-6,12-14,22H,7-11H2,1-2H3,(H,31,32,33). The van der Waals surface area contributed by atoms with Crippen LogP contribution in [0.5, 0.6) is 0 Å². The second-order valence-electron chi connectivity index (χ2n) is 9.40. The Morgan fingerprint density at radius 2 is 1.89 bits per heavy atom. The molecule has 8 nitrogen and oxygen atoms in total. The topological polar surface area (TPSA) is 86.5 Å². The number of aromatic nitrogens is 5. The number of nitrogens with zero attached hydrogens (tertiary/aromatic N) is 5. The number of pyridine rings is 1. The number of rotatable bonds is 5. The fourth-order valence-corrected chi connectivity index (χ4v) is 5.18. The minimum atomic E-state index is -2.90. The van der Waals surface area contributed by atoms with Crippen molar-refractivity contribution in [1.29, 1.82) is 0 Å². The highest BCUT2D eigenvalue weighted by molar-refractivity contribution is 5.94. The highest BCUT2D eigenvalue weighted by Crippen LogP contribution is 2.40. The summed E-state index contributed by atoms with van der Waals surface area (Å²) in [4.78, 5) is 9.20. The summed E-state index contributed by atoms with van der Waals surface area (Å²) >= 11 is 0. The molecule has 0 radical (unpaired) electrons. The van der Waals surface area contributed by atoms with Crippen molar-refractivity contribution >= 4 is 28.1 Å². The van der Waals surface area contributed by atoms with Crippen LogP contribution in [0.4, 0.5) is 19.0 Å². The van der Waals surface area contributed by atoms with E-state index in [-0.39, 0.29) is 5.56 Å². The van der Waals surface area contributed by atoms with E-state index in [2.05, 4.69) is 31.6 Å². The SMILES string of the molecule is Cc1nc(NC(C)c2cccc(C(F)F)c2F)c2cc(C3=CCC4(CC3)OCCO4)c3nncn3c2n1. The lowest BCUT2D eigenvalue weighted by molar-refractivity contribution is -0.159. The van der Waals surface area contributed by atoms with Crippen molar-refractivity contribution in [2.24, 2.45) is 0 Å². The minimum absolute atomic E-state index is 0.129. The van der Waals surface area contributed by atoms with Crippen molar-refractivity contribution in [3.8, 4) is 0 Å². The van der Waals surface area contributed by atoms with Gasteiger partial charge in [-0.1, -0.05) is 24.3 Å². The summed E-state index contributed by atoms with van der Waals surface area (Å²) in [5.41, 5.74) is 2.72. The number of hydrogen-bond acceptors (Lipinski definition) is 7. The van der Waals surface area contributed by atoms with E-state index in [0.29, 0.717) is 48.0 Å². The van der Waals surface area contributed by atoms with E-state index in [1.165, 1.54) is 12.1 Å². The first-order valence-corrected chi connectivity index (χ1v) is 12.2. The van der Waals surface area contributed by atoms with Gasteiger partial charge >= 0.3 is 0 Å². The predicted molar refractivity (Wildman–Crippen MR) is 131 cm³/mol. The zero-order chi connectivity index (χ0) is 25.7. The highest BCUT2D eigenvalue weighted by Gasteiger charge is 2.38. The number of alkyl halides is 2. The first-order valence-electron chi connectivity index (χ1n) is 12.2. The molecule has 2 aliphatic rings. The zero-order valence-corrected chi connectivity index (χ0v) is 20.3. The molecule has 1 N–H and O–H groups in total. The molecular formula is C26H25F3N6O2. The molecule has 192 valence electrons. The van der Waals surface area contributed by atoms with Gasteiger partial charge in [-0.3, -0.25) is 4.40 Å². The Labute approximate surface area is 210 Å². The number of ether oxygens (including phenoxy) is 2. The number of nitrogens with one attached hydrogen (secondary N) is 1. The van der Waals surface area contributed by atoms with Gasteiger partial charge in [-0.2, -0.15) is 0 Å². The largest absolute Gasteiger partial charge is 0.363 e. The Kier molecular flexibility index (Phi) is 5.84. The van der Waals surface area contributed by atoms with Crippen LogP contribution in [0.3, 0.4) is 0 Å². The van der Waals surface area contributed by atoms with Crippen LogP contribution in [-0.2, 0) is 9.47 Å². The second-order valence-corrected chi connectivity index (χ2v) is 9.40. The molecule has 11 heteroatoms. The molecule has 1 saturated heterocycles. The van der Waals surface area contributed by atoms with Gasteiger partial charge in [-0.15, -0.1) is 10.2 Å². The average molecular weight is 511 g/mol. The van der Waals surface area contributed by atoms with E-state index in [9.17, 15) is 13.2 Å². The summed E-state index contributed by atoms with van der Waals surface area (Å²) in [5, 5.41) is 12.4. The van der Waals surface area contributed by atoms with Gasteiger partial charge in [0.2, 0.25) is 0 Å². The van der Waals surface area contributed by atoms with Crippen LogP contribution < -0.4 is 5.32 Å². The molecule has 4 heterocycles. The van der Waals surface area contributed by atoms with Crippen molar-refractivity contribution in [3.63, 3.8) is 0 Å². The number of hydrogen-bond donors (Lipinski definition) is 1. The molecule has 1 aliphatic carbocycles. The van der Waals surface area contributed by atoms with E-state index in [4.69, 9.17) is 9.47 Å². The zero-order valence-electron chi connectivity index (χ0n) is 20.3. The molecule has 1 spiro atoms. The maximum atomic E-state index is 14.9. The van der Waals surface area contributed by atoms with Crippen LogP contribution in [-0.4, -0.2) is 43.6 Å². The summed E-state index contributed by atoms with van der Waals surface area (Å²) in [7, 11) is 0. The van der Waals surface area contributed by atoms with Crippen molar-refractivity contribution in [3.05, 3.63) is 65.0 Å². The van der Waals surface area contributed by atoms with Crippen LogP contribution in [0.1, 0.15) is 61.2 Å². The Hall–Kier alpha value is -3.57. The first kappa shape index (κ1) is 23.8. The fourth-order valence-electron chi connectivity index (χ4n) is 5.18. The summed E-state index contributed by atoms with van der Waals surface area (Å²) in [6, 6.07) is 5.34. The molecule has 0 bridgehead atoms. The van der Waals surface area contributed by atoms with Gasteiger partial charge in [-0.05, 0) is 31.9 Å². The lowest BCUT2D eigenvalue weighted by Crippen LogP contribution is -2.31. The Morgan fingerprint density at radius 3 is 2.62 bits per heavy atom. The van der Waals surface area contributed by atoms with Gasteiger partial charge in [0, 0.05) is 24.0 Å². The van der Waals surface area contributed by atoms with Crippen LogP contribution in [0.25, 0.3) is 22.3 Å². The minimum Gasteiger partial charge on any atom is -0.363 e. The van der Waals surface area contributed by atoms with Crippen molar-refractivity contribution in [1.82, 2.24) is 24.6 Å². The fraction of sp³-hybridized carbons (Fsp3) is 0.385. The first-order chi connectivity index (χ1) is 17.8. The van der Waals surface area contributed by atoms with Gasteiger partial charge < -0.3 is 14.8 Å². The van der Waals surface area contributed by atoms with E-state index in [0.717, 1.165) is 30.0 Å². The van der Waals surface area contributed by atoms with Gasteiger partial charge in [-0.25, -0.2) is 23.1 Å². The molecule has 4 aromatic rings. The van der Waals surface area contributed by atoms with E-state index >= 15 is 0 Å². The molecule has 3 aromatic heterocycles. The summed E-state index contributed by atoms with van der Waals surface area (Å²) < 4.78 is 54.9. The molecule has 1 aliphatic heterocycles. The Bertz CT molecular complexity index is 1530. The van der Waals surface area contributed by atoms with Gasteiger partial charge in [0.1, 0.15) is 23.8 Å². The quantitative estimate of drug-likeness (QED) is 0.377. The molecular weight excluding hydrogens is 485 g/mol. The van der Waals surface area contributed by atoms with Crippen molar-refractivity contribution < 1.29 is 22.6 Å². The van der Waals surface area contributed by atoms with Gasteiger partial charge in [0.25, 0.3) is 6.43 Å². The van der Waals surface area contributed by atoms with Crippen LogP contribution >= 0.6 is 0 Å². The number of allylic oxidation sites excluding steroid dienone is 1. The summed E-state index contributed by atoms with van der Waals surface area (Å²) in [6.45, 7) is 4.65. The highest BCUT2D eigenvalue weighted by atomic mass is 19.3. The van der Waals surface area contributed by atoms with E-state index < -0.39 is 29.6 Å². The molecule has 1 atom stereocenters. The molecule has 0 amide bonds. The molecule has 1 fully saturated rings. The maximum Gasteiger partial charge on any atom is 0.266 e. The molecule has 1 aromatic carbocycles. The lowest BCUT2D eigenvalue weighted by Gasteiger charge is -2.30. The van der Waals surface area contributed by atoms with Crippen LogP contribution in [0.2, 0.25) is 0 Å². The molecule has 1 unspecified atom stereocenters. The second kappa shape index (κ2) is 9.07. The lowest BCUT2D eigenvalue weighted by atomic mass is 9.90. The van der Waals surface area contributed by atoms with Crippen LogP contribution in [0, 0.1) is 12.7 Å². The monoisotopic (exact) mass is 510 g/mol. The van der Waals surface area contributed by atoms with Crippen LogP contribution in [0.15, 0.2) is 36.7 Å². The average Bonchev–Trinajstić information content (AvgIpc) is 3.55. The predicted octanol–water partition coefficient (Wildman–Crippen LogP) is 5.54. The Balaban J connectivity index is 1.44. The third-order valence-electron chi connectivity index (χ3n) is 7.05. The van der Waals surface area contributed by atoms with E-state index in [1.54, 1.807) is 24.6 Å². The maximum absolute atomic E-state index is 14.9. The van der Waals surface area contributed by atoms with Gasteiger partial charge in [0.15, 0.2) is 17.1 Å². The molecule has 0 saturated carbocycles. The van der Waals surface area contributed by atoms with Gasteiger partial charge in [0.05, 0.1) is 30.2 Å². The number of fused-ring (bicyclic) bond motifs is 3. The summed E-state index contributed by atoms with van der Waals surface area (Å²) in [6.07, 6.45) is 2.89. The smallest absolute Gasteiger partial charge is 0.266 e. The molecule has 37 heavy (non-hydrogen) atoms. The Morgan fingerprint density at radius 1 is 1.11 bits per heavy atom. The van der Waals surface area contributed by atoms with Crippen molar-refractivity contribution in [2.45, 2.75) is 51.4 Å². The van der Waals surface area contributed by atoms with Crippen molar-refractivity contribution in [2.75, 3.05) is 18.5 Å². The molecule has 6 rings (SSSR count).